The minimum Gasteiger partial charge on any atom is -0.481 e. The average Bonchev–Trinajstić information content (AvgIpc) is 2.82. The van der Waals surface area contributed by atoms with Crippen LogP contribution in [0.4, 0.5) is 13.9 Å². The van der Waals surface area contributed by atoms with Crippen LogP contribution in [0.1, 0.15) is 19.5 Å². The number of anilines is 1. The lowest BCUT2D eigenvalue weighted by molar-refractivity contribution is -0.136. The number of carboxylic acid groups (broad SMARTS) is 1. The fourth-order valence-corrected chi connectivity index (χ4v) is 2.80. The molecular formula is C15H13ClF2N2O4S. The van der Waals surface area contributed by atoms with E-state index in [1.54, 1.807) is 0 Å². The maximum atomic E-state index is 13.7. The number of benzene rings is 1. The molecule has 0 unspecified atom stereocenters. The molecule has 25 heavy (non-hydrogen) atoms. The molecule has 0 fully saturated rings. The maximum Gasteiger partial charge on any atom is 0.309 e. The third-order valence-electron chi connectivity index (χ3n) is 3.01. The van der Waals surface area contributed by atoms with Crippen molar-refractivity contribution < 1.29 is 28.2 Å². The lowest BCUT2D eigenvalue weighted by Crippen LogP contribution is -2.43. The van der Waals surface area contributed by atoms with Gasteiger partial charge in [0.1, 0.15) is 4.34 Å². The molecule has 6 nitrogen and oxygen atoms in total. The van der Waals surface area contributed by atoms with E-state index in [4.69, 9.17) is 21.4 Å². The smallest absolute Gasteiger partial charge is 0.309 e. The number of aliphatic carboxylic acids is 1. The largest absolute Gasteiger partial charge is 0.481 e. The summed E-state index contributed by atoms with van der Waals surface area (Å²) in [7, 11) is 0. The van der Waals surface area contributed by atoms with Gasteiger partial charge < -0.3 is 9.84 Å². The number of thiazole rings is 1. The number of carbonyl (C=O) groups excluding carboxylic acids is 1. The average molecular weight is 391 g/mol. The zero-order chi connectivity index (χ0) is 18.8. The fraction of sp³-hybridized carbons (Fsp3) is 0.267. The number of para-hydroxylation sites is 1. The summed E-state index contributed by atoms with van der Waals surface area (Å²) in [4.78, 5) is 27.0. The third-order valence-corrected chi connectivity index (χ3v) is 4.26. The Balaban J connectivity index is 2.15. The number of carboxylic acids is 1. The Morgan fingerprint density at radius 2 is 1.96 bits per heavy atom. The van der Waals surface area contributed by atoms with Crippen LogP contribution in [-0.2, 0) is 16.0 Å². The fourth-order valence-electron chi connectivity index (χ4n) is 1.77. The van der Waals surface area contributed by atoms with Crippen LogP contribution in [0.15, 0.2) is 18.2 Å². The van der Waals surface area contributed by atoms with E-state index in [1.807, 2.05) is 0 Å². The molecule has 0 aliphatic carbocycles. The first-order chi connectivity index (χ1) is 11.6. The van der Waals surface area contributed by atoms with Gasteiger partial charge in [0.25, 0.3) is 5.91 Å². The molecular weight excluding hydrogens is 378 g/mol. The van der Waals surface area contributed by atoms with E-state index in [0.29, 0.717) is 0 Å². The van der Waals surface area contributed by atoms with E-state index in [9.17, 15) is 18.4 Å². The number of nitrogens with one attached hydrogen (secondary N) is 1. The predicted octanol–water partition coefficient (Wildman–Crippen LogP) is 3.50. The number of aromatic nitrogens is 1. The summed E-state index contributed by atoms with van der Waals surface area (Å²) in [6.45, 7) is 2.64. The van der Waals surface area contributed by atoms with Crippen molar-refractivity contribution in [1.82, 2.24) is 4.98 Å². The van der Waals surface area contributed by atoms with E-state index in [2.05, 4.69) is 10.3 Å². The summed E-state index contributed by atoms with van der Waals surface area (Å²) in [5.74, 6) is -4.42. The Bertz CT molecular complexity index is 806. The summed E-state index contributed by atoms with van der Waals surface area (Å²) >= 11 is 6.74. The van der Waals surface area contributed by atoms with Crippen molar-refractivity contribution in [2.24, 2.45) is 0 Å². The van der Waals surface area contributed by atoms with Crippen LogP contribution in [0, 0.1) is 11.6 Å². The van der Waals surface area contributed by atoms with E-state index < -0.39 is 41.3 Å². The van der Waals surface area contributed by atoms with Gasteiger partial charge in [-0.05, 0) is 26.0 Å². The maximum absolute atomic E-state index is 13.7. The van der Waals surface area contributed by atoms with Gasteiger partial charge >= 0.3 is 5.97 Å². The van der Waals surface area contributed by atoms with Crippen molar-refractivity contribution in [3.05, 3.63) is 39.9 Å². The number of halogens is 3. The van der Waals surface area contributed by atoms with Crippen molar-refractivity contribution in [3.63, 3.8) is 0 Å². The molecule has 1 aromatic carbocycles. The van der Waals surface area contributed by atoms with Crippen molar-refractivity contribution in [1.29, 1.82) is 0 Å². The van der Waals surface area contributed by atoms with E-state index in [0.717, 1.165) is 23.5 Å². The number of rotatable bonds is 6. The second kappa shape index (κ2) is 7.32. The Labute approximate surface area is 150 Å². The molecule has 0 bridgehead atoms. The lowest BCUT2D eigenvalue weighted by Gasteiger charge is -2.25. The SMILES string of the molecule is CC(C)(Oc1c(F)cccc1F)C(=O)Nc1nc(CC(=O)O)c(Cl)s1. The molecule has 2 N–H and O–H groups in total. The Kier molecular flexibility index (Phi) is 5.58. The molecule has 2 rings (SSSR count). The van der Waals surface area contributed by atoms with Crippen molar-refractivity contribution in [3.8, 4) is 5.75 Å². The number of carbonyl (C=O) groups is 2. The molecule has 0 aliphatic heterocycles. The van der Waals surface area contributed by atoms with Crippen LogP contribution in [0.5, 0.6) is 5.75 Å². The number of hydrogen-bond acceptors (Lipinski definition) is 5. The molecule has 0 atom stereocenters. The first-order valence-corrected chi connectivity index (χ1v) is 8.11. The molecule has 0 aliphatic rings. The van der Waals surface area contributed by atoms with Crippen LogP contribution in [0.3, 0.4) is 0 Å². The van der Waals surface area contributed by atoms with Gasteiger partial charge in [0, 0.05) is 0 Å². The van der Waals surface area contributed by atoms with E-state index >= 15 is 0 Å². The molecule has 0 radical (unpaired) electrons. The van der Waals surface area contributed by atoms with E-state index in [1.165, 1.54) is 19.9 Å². The standard InChI is InChI=1S/C15H13ClF2N2O4S/c1-15(2,24-11-7(17)4-3-5-8(11)18)13(23)20-14-19-9(6-10(21)22)12(16)25-14/h3-5H,6H2,1-2H3,(H,21,22)(H,19,20,23). The summed E-state index contributed by atoms with van der Waals surface area (Å²) in [5.41, 5.74) is -1.53. The first-order valence-electron chi connectivity index (χ1n) is 6.91. The molecule has 1 aromatic heterocycles. The number of hydrogen-bond donors (Lipinski definition) is 2. The molecule has 0 saturated carbocycles. The lowest BCUT2D eigenvalue weighted by atomic mass is 10.1. The number of amides is 1. The number of nitrogens with zero attached hydrogens (tertiary/aromatic N) is 1. The highest BCUT2D eigenvalue weighted by atomic mass is 35.5. The first kappa shape index (κ1) is 19.1. The van der Waals surface area contributed by atoms with Crippen LogP contribution in [0.25, 0.3) is 0 Å². The summed E-state index contributed by atoms with van der Waals surface area (Å²) < 4.78 is 32.6. The highest BCUT2D eigenvalue weighted by Crippen LogP contribution is 2.30. The highest BCUT2D eigenvalue weighted by molar-refractivity contribution is 7.19. The zero-order valence-electron chi connectivity index (χ0n) is 13.1. The molecule has 134 valence electrons. The van der Waals surface area contributed by atoms with Crippen LogP contribution in [-0.4, -0.2) is 27.6 Å². The monoisotopic (exact) mass is 390 g/mol. The predicted molar refractivity (Wildman–Crippen MR) is 88.2 cm³/mol. The highest BCUT2D eigenvalue weighted by Gasteiger charge is 2.33. The molecule has 1 amide bonds. The quantitative estimate of drug-likeness (QED) is 0.788. The number of ether oxygens (including phenoxy) is 1. The van der Waals surface area contributed by atoms with Gasteiger partial charge in [-0.3, -0.25) is 14.9 Å². The molecule has 1 heterocycles. The second-order valence-corrected chi connectivity index (χ2v) is 7.03. The van der Waals surface area contributed by atoms with Crippen LogP contribution >= 0.6 is 22.9 Å². The minimum atomic E-state index is -1.63. The normalized spacial score (nSPS) is 11.2. The van der Waals surface area contributed by atoms with Gasteiger partial charge in [-0.2, -0.15) is 0 Å². The van der Waals surface area contributed by atoms with Crippen LogP contribution < -0.4 is 10.1 Å². The zero-order valence-corrected chi connectivity index (χ0v) is 14.7. The summed E-state index contributed by atoms with van der Waals surface area (Å²) in [6.07, 6.45) is -0.397. The van der Waals surface area contributed by atoms with E-state index in [-0.39, 0.29) is 15.2 Å². The topological polar surface area (TPSA) is 88.5 Å². The Morgan fingerprint density at radius 3 is 2.52 bits per heavy atom. The van der Waals surface area contributed by atoms with Gasteiger partial charge in [0.15, 0.2) is 28.1 Å². The molecule has 0 spiro atoms. The summed E-state index contributed by atoms with van der Waals surface area (Å²) in [5, 5.41) is 11.2. The second-order valence-electron chi connectivity index (χ2n) is 5.43. The Morgan fingerprint density at radius 1 is 1.36 bits per heavy atom. The summed E-state index contributed by atoms with van der Waals surface area (Å²) in [6, 6.07) is 3.18. The molecule has 10 heteroatoms. The van der Waals surface area contributed by atoms with Crippen molar-refractivity contribution in [2.45, 2.75) is 25.9 Å². The third kappa shape index (κ3) is 4.64. The molecule has 0 saturated heterocycles. The minimum absolute atomic E-state index is 0.0527. The van der Waals surface area contributed by atoms with Gasteiger partial charge in [0.05, 0.1) is 12.1 Å². The van der Waals surface area contributed by atoms with Crippen LogP contribution in [0.2, 0.25) is 4.34 Å². The van der Waals surface area contributed by atoms with Crippen molar-refractivity contribution in [2.75, 3.05) is 5.32 Å². The van der Waals surface area contributed by atoms with Gasteiger partial charge in [-0.25, -0.2) is 13.8 Å². The van der Waals surface area contributed by atoms with Gasteiger partial charge in [-0.1, -0.05) is 29.0 Å². The Hall–Kier alpha value is -2.26. The van der Waals surface area contributed by atoms with Gasteiger partial charge in [0.2, 0.25) is 0 Å². The molecule has 2 aromatic rings. The van der Waals surface area contributed by atoms with Crippen molar-refractivity contribution >= 4 is 39.9 Å². The van der Waals surface area contributed by atoms with Gasteiger partial charge in [-0.15, -0.1) is 0 Å².